The molecule has 1 aliphatic rings. The normalized spacial score (nSPS) is 20.8. The number of ether oxygens (including phenoxy) is 4. The minimum atomic E-state index is -3.93. The summed E-state index contributed by atoms with van der Waals surface area (Å²) in [5, 5.41) is 0. The number of morpholine rings is 1. The highest BCUT2D eigenvalue weighted by Gasteiger charge is 2.36. The number of carbonyl (C=O) groups is 1. The molecule has 2 atom stereocenters. The quantitative estimate of drug-likeness (QED) is 0.584. The number of methoxy groups -OCH3 is 3. The average molecular weight is 416 g/mol. The zero-order chi connectivity index (χ0) is 20.9. The molecule has 158 valence electrons. The number of nitrogens with zero attached hydrogens (tertiary/aromatic N) is 2. The smallest absolute Gasteiger partial charge is 0.321 e. The molecule has 0 aromatic heterocycles. The lowest BCUT2D eigenvalue weighted by Gasteiger charge is -2.37. The predicted molar refractivity (Wildman–Crippen MR) is 102 cm³/mol. The van der Waals surface area contributed by atoms with Crippen LogP contribution in [0.2, 0.25) is 0 Å². The van der Waals surface area contributed by atoms with Gasteiger partial charge in [0, 0.05) is 25.7 Å². The minimum Gasteiger partial charge on any atom is -0.497 e. The first-order chi connectivity index (χ1) is 13.2. The molecule has 1 aromatic rings. The van der Waals surface area contributed by atoms with Gasteiger partial charge in [0.1, 0.15) is 18.0 Å². The van der Waals surface area contributed by atoms with Crippen LogP contribution < -0.4 is 9.47 Å². The summed E-state index contributed by atoms with van der Waals surface area (Å²) in [4.78, 5) is 11.9. The molecule has 10 heteroatoms. The Hall–Kier alpha value is -1.88. The molecule has 1 fully saturated rings. The maximum atomic E-state index is 13.3. The molecular formula is C18H28N2O7S. The predicted octanol–water partition coefficient (Wildman–Crippen LogP) is 1.03. The molecule has 0 N–H and O–H groups in total. The van der Waals surface area contributed by atoms with E-state index in [0.717, 1.165) is 4.31 Å². The second-order valence-electron chi connectivity index (χ2n) is 6.65. The Morgan fingerprint density at radius 3 is 2.11 bits per heavy atom. The van der Waals surface area contributed by atoms with E-state index in [4.69, 9.17) is 18.9 Å². The second kappa shape index (κ2) is 9.55. The van der Waals surface area contributed by atoms with Crippen molar-refractivity contribution < 1.29 is 32.2 Å². The summed E-state index contributed by atoms with van der Waals surface area (Å²) in [6.45, 7) is 3.62. The van der Waals surface area contributed by atoms with E-state index in [1.54, 1.807) is 18.2 Å². The molecule has 1 heterocycles. The number of benzene rings is 1. The van der Waals surface area contributed by atoms with E-state index in [2.05, 4.69) is 0 Å². The first kappa shape index (κ1) is 22.4. The molecule has 2 rings (SSSR count). The molecule has 0 saturated carbocycles. The van der Waals surface area contributed by atoms with Crippen LogP contribution in [-0.4, -0.2) is 76.2 Å². The Labute approximate surface area is 166 Å². The van der Waals surface area contributed by atoms with Gasteiger partial charge in [0.05, 0.1) is 33.5 Å². The summed E-state index contributed by atoms with van der Waals surface area (Å²) in [6, 6.07) is 5.09. The van der Waals surface area contributed by atoms with Crippen LogP contribution in [0, 0.1) is 0 Å². The summed E-state index contributed by atoms with van der Waals surface area (Å²) in [6.07, 6.45) is -0.481. The first-order valence-electron chi connectivity index (χ1n) is 8.89. The van der Waals surface area contributed by atoms with Crippen molar-refractivity contribution >= 4 is 16.2 Å². The molecule has 1 saturated heterocycles. The largest absolute Gasteiger partial charge is 0.497 e. The summed E-state index contributed by atoms with van der Waals surface area (Å²) >= 11 is 0. The molecule has 0 radical (unpaired) electrons. The first-order valence-corrected chi connectivity index (χ1v) is 10.3. The van der Waals surface area contributed by atoms with E-state index in [1.807, 2.05) is 13.8 Å². The van der Waals surface area contributed by atoms with Gasteiger partial charge in [-0.1, -0.05) is 0 Å². The fraction of sp³-hybridized carbons (Fsp3) is 0.611. The van der Waals surface area contributed by atoms with Crippen LogP contribution in [0.5, 0.6) is 11.5 Å². The van der Waals surface area contributed by atoms with Gasteiger partial charge in [-0.25, -0.2) is 0 Å². The molecule has 1 aliphatic heterocycles. The highest BCUT2D eigenvalue weighted by Crippen LogP contribution is 2.25. The molecule has 1 aromatic carbocycles. The number of esters is 1. The van der Waals surface area contributed by atoms with Crippen LogP contribution >= 0.6 is 0 Å². The van der Waals surface area contributed by atoms with Crippen molar-refractivity contribution in [1.29, 1.82) is 0 Å². The fourth-order valence-corrected chi connectivity index (χ4v) is 4.78. The molecule has 0 bridgehead atoms. The van der Waals surface area contributed by atoms with E-state index in [9.17, 15) is 13.2 Å². The van der Waals surface area contributed by atoms with Crippen LogP contribution in [-0.2, 0) is 31.0 Å². The van der Waals surface area contributed by atoms with Gasteiger partial charge >= 0.3 is 5.97 Å². The SMILES string of the molecule is COC(=O)CN(Cc1cc(OC)cc(OC)c1)S(=O)(=O)N1CC(C)OC(C)C1. The number of rotatable bonds is 8. The minimum absolute atomic E-state index is 0.0366. The van der Waals surface area contributed by atoms with Crippen LogP contribution in [0.1, 0.15) is 19.4 Å². The third kappa shape index (κ3) is 5.57. The van der Waals surface area contributed by atoms with Crippen molar-refractivity contribution in [2.75, 3.05) is 41.0 Å². The Morgan fingerprint density at radius 1 is 1.11 bits per heavy atom. The Bertz CT molecular complexity index is 752. The van der Waals surface area contributed by atoms with Crippen LogP contribution in [0.3, 0.4) is 0 Å². The zero-order valence-electron chi connectivity index (χ0n) is 16.9. The van der Waals surface area contributed by atoms with Crippen LogP contribution in [0.15, 0.2) is 18.2 Å². The van der Waals surface area contributed by atoms with Crippen molar-refractivity contribution in [1.82, 2.24) is 8.61 Å². The molecule has 0 spiro atoms. The van der Waals surface area contributed by atoms with Gasteiger partial charge in [-0.15, -0.1) is 0 Å². The topological polar surface area (TPSA) is 94.6 Å². The van der Waals surface area contributed by atoms with Crippen molar-refractivity contribution in [2.24, 2.45) is 0 Å². The van der Waals surface area contributed by atoms with E-state index in [-0.39, 0.29) is 31.8 Å². The molecule has 2 unspecified atom stereocenters. The highest BCUT2D eigenvalue weighted by atomic mass is 32.2. The number of hydrogen-bond acceptors (Lipinski definition) is 7. The number of carbonyl (C=O) groups excluding carboxylic acids is 1. The van der Waals surface area contributed by atoms with Crippen molar-refractivity contribution in [3.05, 3.63) is 23.8 Å². The van der Waals surface area contributed by atoms with E-state index in [0.29, 0.717) is 17.1 Å². The van der Waals surface area contributed by atoms with Crippen molar-refractivity contribution in [3.8, 4) is 11.5 Å². The van der Waals surface area contributed by atoms with Gasteiger partial charge in [-0.2, -0.15) is 17.0 Å². The standard InChI is InChI=1S/C18H28N2O7S/c1-13-9-19(10-14(2)27-13)28(22,23)20(12-18(21)26-5)11-15-6-16(24-3)8-17(7-15)25-4/h6-8,13-14H,9-12H2,1-5H3. The van der Waals surface area contributed by atoms with E-state index in [1.165, 1.54) is 25.6 Å². The number of hydrogen-bond donors (Lipinski definition) is 0. The lowest BCUT2D eigenvalue weighted by Crippen LogP contribution is -2.53. The maximum absolute atomic E-state index is 13.3. The molecular weight excluding hydrogens is 388 g/mol. The summed E-state index contributed by atoms with van der Waals surface area (Å²) in [5.41, 5.74) is 0.623. The van der Waals surface area contributed by atoms with Gasteiger partial charge in [0.15, 0.2) is 0 Å². The second-order valence-corrected chi connectivity index (χ2v) is 8.58. The third-order valence-corrected chi connectivity index (χ3v) is 6.20. The monoisotopic (exact) mass is 416 g/mol. The van der Waals surface area contributed by atoms with Crippen molar-refractivity contribution in [3.63, 3.8) is 0 Å². The highest BCUT2D eigenvalue weighted by molar-refractivity contribution is 7.86. The van der Waals surface area contributed by atoms with Crippen LogP contribution in [0.4, 0.5) is 0 Å². The van der Waals surface area contributed by atoms with Crippen molar-refractivity contribution in [2.45, 2.75) is 32.6 Å². The zero-order valence-corrected chi connectivity index (χ0v) is 17.7. The van der Waals surface area contributed by atoms with Crippen LogP contribution in [0.25, 0.3) is 0 Å². The average Bonchev–Trinajstić information content (AvgIpc) is 2.66. The fourth-order valence-electron chi connectivity index (χ4n) is 3.07. The van der Waals surface area contributed by atoms with Gasteiger partial charge in [0.2, 0.25) is 0 Å². The van der Waals surface area contributed by atoms with E-state index >= 15 is 0 Å². The van der Waals surface area contributed by atoms with Gasteiger partial charge in [-0.05, 0) is 31.5 Å². The Balaban J connectivity index is 2.35. The summed E-state index contributed by atoms with van der Waals surface area (Å²) < 4.78 is 49.8. The van der Waals surface area contributed by atoms with Gasteiger partial charge in [-0.3, -0.25) is 4.79 Å². The van der Waals surface area contributed by atoms with E-state index < -0.39 is 22.7 Å². The summed E-state index contributed by atoms with van der Waals surface area (Å²) in [5.74, 6) is 0.407. The van der Waals surface area contributed by atoms with Gasteiger partial charge in [0.25, 0.3) is 10.2 Å². The lowest BCUT2D eigenvalue weighted by atomic mass is 10.2. The Morgan fingerprint density at radius 2 is 1.64 bits per heavy atom. The third-order valence-electron chi connectivity index (χ3n) is 4.34. The molecule has 0 aliphatic carbocycles. The molecule has 9 nitrogen and oxygen atoms in total. The molecule has 0 amide bonds. The Kier molecular flexibility index (Phi) is 7.64. The maximum Gasteiger partial charge on any atom is 0.321 e. The summed E-state index contributed by atoms with van der Waals surface area (Å²) in [7, 11) is 0.318. The lowest BCUT2D eigenvalue weighted by molar-refractivity contribution is -0.141. The molecule has 28 heavy (non-hydrogen) atoms. The van der Waals surface area contributed by atoms with Gasteiger partial charge < -0.3 is 18.9 Å².